The molecular formula is C14H8BrClN2. The van der Waals surface area contributed by atoms with Crippen LogP contribution in [0, 0.1) is 0 Å². The minimum Gasteiger partial charge on any atom is -0.235 e. The van der Waals surface area contributed by atoms with Crippen molar-refractivity contribution in [1.82, 2.24) is 9.97 Å². The maximum absolute atomic E-state index is 6.02. The molecule has 0 amide bonds. The molecule has 0 radical (unpaired) electrons. The van der Waals surface area contributed by atoms with Gasteiger partial charge in [0.25, 0.3) is 0 Å². The Labute approximate surface area is 118 Å². The molecule has 2 aromatic carbocycles. The van der Waals surface area contributed by atoms with E-state index >= 15 is 0 Å². The van der Waals surface area contributed by atoms with Crippen LogP contribution in [0.2, 0.25) is 5.15 Å². The van der Waals surface area contributed by atoms with Gasteiger partial charge in [0.05, 0.1) is 4.47 Å². The van der Waals surface area contributed by atoms with Gasteiger partial charge in [-0.2, -0.15) is 0 Å². The Morgan fingerprint density at radius 3 is 2.61 bits per heavy atom. The lowest BCUT2D eigenvalue weighted by molar-refractivity contribution is 1.16. The first-order valence-electron chi connectivity index (χ1n) is 5.42. The van der Waals surface area contributed by atoms with Crippen molar-refractivity contribution in [2.75, 3.05) is 0 Å². The van der Waals surface area contributed by atoms with E-state index < -0.39 is 0 Å². The number of halogens is 2. The van der Waals surface area contributed by atoms with Gasteiger partial charge in [-0.05, 0) is 26.7 Å². The lowest BCUT2D eigenvalue weighted by atomic mass is 10.0. The first-order chi connectivity index (χ1) is 8.75. The number of fused-ring (bicyclic) bond motifs is 1. The van der Waals surface area contributed by atoms with E-state index in [4.69, 9.17) is 11.6 Å². The molecule has 0 unspecified atom stereocenters. The van der Waals surface area contributed by atoms with Gasteiger partial charge in [-0.25, -0.2) is 9.97 Å². The van der Waals surface area contributed by atoms with Crippen LogP contribution in [-0.4, -0.2) is 9.97 Å². The fourth-order valence-corrected chi connectivity index (χ4v) is 2.22. The molecule has 88 valence electrons. The number of hydrogen-bond donors (Lipinski definition) is 0. The maximum Gasteiger partial charge on any atom is 0.161 e. The molecule has 0 aliphatic carbocycles. The Balaban J connectivity index is 2.28. The summed E-state index contributed by atoms with van der Waals surface area (Å²) < 4.78 is 0.702. The standard InChI is InChI=1S/C14H8BrClN2/c15-12-8-17-14(18-13(12)16)11-7-3-5-9-4-1-2-6-10(9)11/h1-8H. The summed E-state index contributed by atoms with van der Waals surface area (Å²) in [7, 11) is 0. The summed E-state index contributed by atoms with van der Waals surface area (Å²) in [5.74, 6) is 0.639. The van der Waals surface area contributed by atoms with Gasteiger partial charge in [0.1, 0.15) is 5.15 Å². The van der Waals surface area contributed by atoms with E-state index in [1.54, 1.807) is 6.20 Å². The molecule has 1 aromatic heterocycles. The Morgan fingerprint density at radius 1 is 1.00 bits per heavy atom. The van der Waals surface area contributed by atoms with Crippen LogP contribution in [-0.2, 0) is 0 Å². The van der Waals surface area contributed by atoms with Crippen molar-refractivity contribution in [3.05, 3.63) is 58.3 Å². The molecule has 0 N–H and O–H groups in total. The Morgan fingerprint density at radius 2 is 1.78 bits per heavy atom. The zero-order chi connectivity index (χ0) is 12.5. The normalized spacial score (nSPS) is 10.8. The number of nitrogens with zero attached hydrogens (tertiary/aromatic N) is 2. The second kappa shape index (κ2) is 4.67. The zero-order valence-corrected chi connectivity index (χ0v) is 11.6. The Hall–Kier alpha value is -1.45. The molecule has 0 saturated carbocycles. The Kier molecular flexibility index (Phi) is 3.02. The molecule has 1 heterocycles. The van der Waals surface area contributed by atoms with Gasteiger partial charge in [-0.1, -0.05) is 54.1 Å². The summed E-state index contributed by atoms with van der Waals surface area (Å²) in [5.41, 5.74) is 0.988. The average Bonchev–Trinajstić information content (AvgIpc) is 2.41. The number of aromatic nitrogens is 2. The van der Waals surface area contributed by atoms with E-state index in [2.05, 4.69) is 44.1 Å². The minimum absolute atomic E-state index is 0.424. The molecule has 4 heteroatoms. The highest BCUT2D eigenvalue weighted by Gasteiger charge is 2.08. The van der Waals surface area contributed by atoms with E-state index in [0.717, 1.165) is 16.3 Å². The van der Waals surface area contributed by atoms with Gasteiger partial charge in [0, 0.05) is 11.8 Å². The summed E-state index contributed by atoms with van der Waals surface area (Å²) in [6, 6.07) is 14.2. The van der Waals surface area contributed by atoms with Gasteiger partial charge in [0.2, 0.25) is 0 Å². The van der Waals surface area contributed by atoms with Crippen LogP contribution in [0.1, 0.15) is 0 Å². The first kappa shape index (κ1) is 11.6. The van der Waals surface area contributed by atoms with Gasteiger partial charge < -0.3 is 0 Å². The fourth-order valence-electron chi connectivity index (χ4n) is 1.90. The van der Waals surface area contributed by atoms with E-state index in [9.17, 15) is 0 Å². The lowest BCUT2D eigenvalue weighted by Gasteiger charge is -2.05. The van der Waals surface area contributed by atoms with Gasteiger partial charge >= 0.3 is 0 Å². The van der Waals surface area contributed by atoms with Crippen LogP contribution < -0.4 is 0 Å². The molecule has 0 fully saturated rings. The van der Waals surface area contributed by atoms with Crippen molar-refractivity contribution in [1.29, 1.82) is 0 Å². The number of rotatable bonds is 1. The number of hydrogen-bond acceptors (Lipinski definition) is 2. The SMILES string of the molecule is Clc1nc(-c2cccc3ccccc23)ncc1Br. The molecule has 0 atom stereocenters. The van der Waals surface area contributed by atoms with E-state index in [0.29, 0.717) is 15.5 Å². The smallest absolute Gasteiger partial charge is 0.161 e. The monoisotopic (exact) mass is 318 g/mol. The lowest BCUT2D eigenvalue weighted by Crippen LogP contribution is -1.90. The number of benzene rings is 2. The van der Waals surface area contributed by atoms with Crippen molar-refractivity contribution in [2.45, 2.75) is 0 Å². The molecule has 3 rings (SSSR count). The summed E-state index contributed by atoms with van der Waals surface area (Å²) >= 11 is 9.31. The van der Waals surface area contributed by atoms with Crippen molar-refractivity contribution >= 4 is 38.3 Å². The molecule has 0 spiro atoms. The zero-order valence-electron chi connectivity index (χ0n) is 9.27. The highest BCUT2D eigenvalue weighted by molar-refractivity contribution is 9.10. The third kappa shape index (κ3) is 2.00. The molecule has 0 saturated heterocycles. The van der Waals surface area contributed by atoms with Crippen LogP contribution >= 0.6 is 27.5 Å². The van der Waals surface area contributed by atoms with Crippen molar-refractivity contribution < 1.29 is 0 Å². The summed E-state index contributed by atoms with van der Waals surface area (Å²) in [4.78, 5) is 8.62. The molecular weight excluding hydrogens is 312 g/mol. The molecule has 0 bridgehead atoms. The van der Waals surface area contributed by atoms with Gasteiger partial charge in [-0.15, -0.1) is 0 Å². The topological polar surface area (TPSA) is 25.8 Å². The molecule has 0 aliphatic heterocycles. The molecule has 0 aliphatic rings. The van der Waals surface area contributed by atoms with Crippen LogP contribution in [0.25, 0.3) is 22.2 Å². The fraction of sp³-hybridized carbons (Fsp3) is 0. The quantitative estimate of drug-likeness (QED) is 0.607. The van der Waals surface area contributed by atoms with Crippen molar-refractivity contribution in [3.8, 4) is 11.4 Å². The van der Waals surface area contributed by atoms with Gasteiger partial charge in [-0.3, -0.25) is 0 Å². The van der Waals surface area contributed by atoms with Crippen LogP contribution in [0.5, 0.6) is 0 Å². The Bertz CT molecular complexity index is 723. The highest BCUT2D eigenvalue weighted by Crippen LogP contribution is 2.28. The molecule has 18 heavy (non-hydrogen) atoms. The van der Waals surface area contributed by atoms with E-state index in [1.807, 2.05) is 24.3 Å². The third-order valence-electron chi connectivity index (χ3n) is 2.73. The molecule has 2 nitrogen and oxygen atoms in total. The van der Waals surface area contributed by atoms with E-state index in [1.165, 1.54) is 0 Å². The predicted octanol–water partition coefficient (Wildman–Crippen LogP) is 4.71. The maximum atomic E-state index is 6.02. The largest absolute Gasteiger partial charge is 0.235 e. The summed E-state index contributed by atoms with van der Waals surface area (Å²) in [6.07, 6.45) is 1.67. The van der Waals surface area contributed by atoms with Crippen molar-refractivity contribution in [3.63, 3.8) is 0 Å². The van der Waals surface area contributed by atoms with Gasteiger partial charge in [0.15, 0.2) is 5.82 Å². The van der Waals surface area contributed by atoms with Crippen LogP contribution in [0.3, 0.4) is 0 Å². The minimum atomic E-state index is 0.424. The van der Waals surface area contributed by atoms with E-state index in [-0.39, 0.29) is 0 Å². The van der Waals surface area contributed by atoms with Crippen LogP contribution in [0.4, 0.5) is 0 Å². The van der Waals surface area contributed by atoms with Crippen LogP contribution in [0.15, 0.2) is 53.1 Å². The predicted molar refractivity (Wildman–Crippen MR) is 77.7 cm³/mol. The van der Waals surface area contributed by atoms with Crippen molar-refractivity contribution in [2.24, 2.45) is 0 Å². The first-order valence-corrected chi connectivity index (χ1v) is 6.59. The summed E-state index contributed by atoms with van der Waals surface area (Å²) in [5, 5.41) is 2.71. The molecule has 3 aromatic rings. The average molecular weight is 320 g/mol. The second-order valence-corrected chi connectivity index (χ2v) is 5.07. The third-order valence-corrected chi connectivity index (χ3v) is 3.83. The highest BCUT2D eigenvalue weighted by atomic mass is 79.9. The summed E-state index contributed by atoms with van der Waals surface area (Å²) in [6.45, 7) is 0. The second-order valence-electron chi connectivity index (χ2n) is 3.86.